The molecule has 1 spiro atoms. The number of carbonyl (C=O) groups excluding carboxylic acids is 1. The summed E-state index contributed by atoms with van der Waals surface area (Å²) in [6.07, 6.45) is 7.28. The third kappa shape index (κ3) is 2.61. The van der Waals surface area contributed by atoms with Crippen LogP contribution < -0.4 is 9.16 Å². The Balaban J connectivity index is 1.49. The van der Waals surface area contributed by atoms with Crippen molar-refractivity contribution in [1.29, 1.82) is 0 Å². The van der Waals surface area contributed by atoms with Crippen LogP contribution in [0.25, 0.3) is 0 Å². The fourth-order valence-electron chi connectivity index (χ4n) is 7.32. The van der Waals surface area contributed by atoms with Gasteiger partial charge in [0.25, 0.3) is 8.32 Å². The van der Waals surface area contributed by atoms with Crippen molar-refractivity contribution in [3.8, 4) is 11.5 Å². The second kappa shape index (κ2) is 6.41. The van der Waals surface area contributed by atoms with Gasteiger partial charge >= 0.3 is 0 Å². The highest BCUT2D eigenvalue weighted by atomic mass is 28.4. The van der Waals surface area contributed by atoms with E-state index in [9.17, 15) is 9.90 Å². The highest BCUT2D eigenvalue weighted by Gasteiger charge is 2.73. The predicted molar refractivity (Wildman–Crippen MR) is 127 cm³/mol. The van der Waals surface area contributed by atoms with Crippen LogP contribution in [-0.2, 0) is 16.6 Å². The van der Waals surface area contributed by atoms with Crippen molar-refractivity contribution in [3.63, 3.8) is 0 Å². The maximum Gasteiger partial charge on any atom is 0.250 e. The SMILES string of the molecule is CC(C)(C)[Si](C)(C)Oc1ccc2c3c1O[C@H]1C(=O)CC[C@@]4(O)[C@@H](C2)C(CC2CC2)CC[C@]314. The molecule has 32 heavy (non-hydrogen) atoms. The van der Waals surface area contributed by atoms with Gasteiger partial charge in [-0.05, 0) is 79.6 Å². The fourth-order valence-corrected chi connectivity index (χ4v) is 8.34. The van der Waals surface area contributed by atoms with Gasteiger partial charge in [0, 0.05) is 12.0 Å². The molecule has 1 aliphatic heterocycles. The van der Waals surface area contributed by atoms with Crippen LogP contribution in [0.3, 0.4) is 0 Å². The average molecular weight is 455 g/mol. The van der Waals surface area contributed by atoms with Crippen LogP contribution in [0.2, 0.25) is 18.1 Å². The quantitative estimate of drug-likeness (QED) is 0.607. The Hall–Kier alpha value is -1.33. The van der Waals surface area contributed by atoms with Crippen LogP contribution in [-0.4, -0.2) is 30.9 Å². The van der Waals surface area contributed by atoms with E-state index in [4.69, 9.17) is 9.16 Å². The van der Waals surface area contributed by atoms with Crippen molar-refractivity contribution in [3.05, 3.63) is 23.3 Å². The number of benzene rings is 1. The van der Waals surface area contributed by atoms with Crippen LogP contribution in [0, 0.1) is 17.8 Å². The molecule has 2 bridgehead atoms. The van der Waals surface area contributed by atoms with E-state index in [1.807, 2.05) is 0 Å². The summed E-state index contributed by atoms with van der Waals surface area (Å²) in [6, 6.07) is 4.31. The molecule has 3 saturated carbocycles. The van der Waals surface area contributed by atoms with Gasteiger partial charge in [0.15, 0.2) is 17.6 Å². The van der Waals surface area contributed by atoms with E-state index < -0.39 is 25.4 Å². The summed E-state index contributed by atoms with van der Waals surface area (Å²) in [6.45, 7) is 11.2. The highest BCUT2D eigenvalue weighted by molar-refractivity contribution is 6.74. The van der Waals surface area contributed by atoms with Gasteiger partial charge in [-0.2, -0.15) is 0 Å². The Labute approximate surface area is 193 Å². The van der Waals surface area contributed by atoms with Crippen LogP contribution in [0.5, 0.6) is 11.5 Å². The van der Waals surface area contributed by atoms with E-state index in [1.165, 1.54) is 24.8 Å². The van der Waals surface area contributed by atoms with Crippen molar-refractivity contribution in [2.45, 2.75) is 107 Å². The Morgan fingerprint density at radius 3 is 2.62 bits per heavy atom. The Kier molecular flexibility index (Phi) is 4.25. The van der Waals surface area contributed by atoms with Crippen LogP contribution in [0.1, 0.15) is 76.8 Å². The lowest BCUT2D eigenvalue weighted by atomic mass is 9.43. The molecule has 1 heterocycles. The maximum absolute atomic E-state index is 13.2. The molecule has 1 unspecified atom stereocenters. The third-order valence-corrected chi connectivity index (χ3v) is 14.5. The number of carbonyl (C=O) groups is 1. The summed E-state index contributed by atoms with van der Waals surface area (Å²) in [5.41, 5.74) is 0.991. The first-order chi connectivity index (χ1) is 15.0. The molecule has 5 aliphatic rings. The molecule has 5 heteroatoms. The second-order valence-electron chi connectivity index (χ2n) is 12.9. The van der Waals surface area contributed by atoms with E-state index in [0.717, 1.165) is 42.2 Å². The lowest BCUT2D eigenvalue weighted by molar-refractivity contribution is -0.189. The van der Waals surface area contributed by atoms with Gasteiger partial charge in [-0.15, -0.1) is 0 Å². The third-order valence-electron chi connectivity index (χ3n) is 10.2. The molecule has 0 radical (unpaired) electrons. The van der Waals surface area contributed by atoms with Crippen molar-refractivity contribution in [2.75, 3.05) is 0 Å². The van der Waals surface area contributed by atoms with Crippen LogP contribution >= 0.6 is 0 Å². The Bertz CT molecular complexity index is 990. The number of hydrogen-bond acceptors (Lipinski definition) is 4. The molecule has 1 aromatic carbocycles. The maximum atomic E-state index is 13.2. The summed E-state index contributed by atoms with van der Waals surface area (Å²) in [5.74, 6) is 3.37. The second-order valence-corrected chi connectivity index (χ2v) is 17.7. The molecular formula is C27H38O4Si. The molecule has 4 nitrogen and oxygen atoms in total. The normalized spacial score (nSPS) is 37.7. The number of aliphatic hydroxyl groups is 1. The monoisotopic (exact) mass is 454 g/mol. The van der Waals surface area contributed by atoms with Crippen molar-refractivity contribution in [1.82, 2.24) is 0 Å². The summed E-state index contributed by atoms with van der Waals surface area (Å²) >= 11 is 0. The molecule has 5 atom stereocenters. The number of Topliss-reactive ketones (excluding diaryl/α,β-unsaturated/α-hetero) is 1. The van der Waals surface area contributed by atoms with Crippen molar-refractivity contribution >= 4 is 14.1 Å². The lowest BCUT2D eigenvalue weighted by Crippen LogP contribution is -2.71. The first-order valence-corrected chi connectivity index (χ1v) is 15.7. The summed E-state index contributed by atoms with van der Waals surface area (Å²) in [4.78, 5) is 13.2. The topological polar surface area (TPSA) is 55.8 Å². The van der Waals surface area contributed by atoms with Gasteiger partial charge in [0.2, 0.25) is 0 Å². The highest BCUT2D eigenvalue weighted by Crippen LogP contribution is 2.68. The van der Waals surface area contributed by atoms with Gasteiger partial charge in [-0.25, -0.2) is 0 Å². The summed E-state index contributed by atoms with van der Waals surface area (Å²) in [5, 5.41) is 12.5. The first kappa shape index (κ1) is 21.2. The summed E-state index contributed by atoms with van der Waals surface area (Å²) < 4.78 is 13.3. The minimum Gasteiger partial charge on any atom is -0.541 e. The number of hydrogen-bond donors (Lipinski definition) is 1. The zero-order valence-corrected chi connectivity index (χ0v) is 21.3. The number of ketones is 1. The van der Waals surface area contributed by atoms with Gasteiger partial charge < -0.3 is 14.3 Å². The molecule has 0 amide bonds. The smallest absolute Gasteiger partial charge is 0.250 e. The Morgan fingerprint density at radius 2 is 1.94 bits per heavy atom. The van der Waals surface area contributed by atoms with Gasteiger partial charge in [0.05, 0.1) is 11.0 Å². The number of rotatable bonds is 4. The van der Waals surface area contributed by atoms with E-state index in [1.54, 1.807) is 0 Å². The molecular weight excluding hydrogens is 416 g/mol. The lowest BCUT2D eigenvalue weighted by Gasteiger charge is -2.61. The van der Waals surface area contributed by atoms with Crippen molar-refractivity contribution < 1.29 is 19.1 Å². The molecule has 174 valence electrons. The molecule has 3 fully saturated rings. The van der Waals surface area contributed by atoms with Crippen LogP contribution in [0.4, 0.5) is 0 Å². The van der Waals surface area contributed by atoms with Crippen molar-refractivity contribution in [2.24, 2.45) is 17.8 Å². The molecule has 6 rings (SSSR count). The standard InChI is InChI=1S/C27H38O4Si/c1-25(2,3)32(4,5)31-21-9-8-18-15-19-17(14-16-6-7-16)10-12-26-22(18)23(21)30-24(26)20(28)11-13-27(19,26)29/h8-9,16-17,19,24,29H,6-7,10-15H2,1-5H3/t17?,19-,24-,26-,27+/m0/s1. The summed E-state index contributed by atoms with van der Waals surface area (Å²) in [7, 11) is -2.07. The zero-order chi connectivity index (χ0) is 22.7. The average Bonchev–Trinajstić information content (AvgIpc) is 3.44. The van der Waals surface area contributed by atoms with Gasteiger partial charge in [-0.1, -0.05) is 39.7 Å². The van der Waals surface area contributed by atoms with Gasteiger partial charge in [0.1, 0.15) is 5.75 Å². The largest absolute Gasteiger partial charge is 0.541 e. The molecule has 0 saturated heterocycles. The fraction of sp³-hybridized carbons (Fsp3) is 0.741. The van der Waals surface area contributed by atoms with Gasteiger partial charge in [-0.3, -0.25) is 4.79 Å². The molecule has 1 aromatic rings. The van der Waals surface area contributed by atoms with E-state index >= 15 is 0 Å². The van der Waals surface area contributed by atoms with Crippen LogP contribution in [0.15, 0.2) is 12.1 Å². The minimum absolute atomic E-state index is 0.0712. The predicted octanol–water partition coefficient (Wildman–Crippen LogP) is 5.55. The minimum atomic E-state index is -2.07. The zero-order valence-electron chi connectivity index (χ0n) is 20.3. The Morgan fingerprint density at radius 1 is 1.19 bits per heavy atom. The molecule has 0 aromatic heterocycles. The molecule has 1 N–H and O–H groups in total. The van der Waals surface area contributed by atoms with E-state index in [-0.39, 0.29) is 16.7 Å². The first-order valence-electron chi connectivity index (χ1n) is 12.7. The van der Waals surface area contributed by atoms with E-state index in [0.29, 0.717) is 18.8 Å². The number of ether oxygens (including phenoxy) is 1. The molecule has 4 aliphatic carbocycles. The van der Waals surface area contributed by atoms with E-state index in [2.05, 4.69) is 46.0 Å².